The molecular formula is C13H16BrClN2O2. The Balaban J connectivity index is 2.10. The Labute approximate surface area is 126 Å². The minimum absolute atomic E-state index is 0.0878. The lowest BCUT2D eigenvalue weighted by molar-refractivity contribution is -0.148. The van der Waals surface area contributed by atoms with E-state index in [0.717, 1.165) is 29.7 Å². The van der Waals surface area contributed by atoms with Gasteiger partial charge in [0, 0.05) is 23.8 Å². The fourth-order valence-corrected chi connectivity index (χ4v) is 3.01. The average molecular weight is 348 g/mol. The molecule has 1 aromatic rings. The van der Waals surface area contributed by atoms with Crippen molar-refractivity contribution in [2.24, 2.45) is 5.92 Å². The monoisotopic (exact) mass is 346 g/mol. The number of carbonyl (C=O) groups is 1. The van der Waals surface area contributed by atoms with Crippen LogP contribution in [0.5, 0.6) is 0 Å². The Bertz CT molecular complexity index is 470. The van der Waals surface area contributed by atoms with Gasteiger partial charge in [0.15, 0.2) is 0 Å². The summed E-state index contributed by atoms with van der Waals surface area (Å²) in [5.74, 6) is 0.523. The number of anilines is 1. The predicted molar refractivity (Wildman–Crippen MR) is 78.5 cm³/mol. The van der Waals surface area contributed by atoms with Crippen LogP contribution in [0.3, 0.4) is 0 Å². The van der Waals surface area contributed by atoms with Crippen LogP contribution < -0.4 is 4.90 Å². The molecule has 0 spiro atoms. The molecule has 1 aliphatic rings. The molecule has 4 nitrogen and oxygen atoms in total. The number of rotatable bonds is 3. The van der Waals surface area contributed by atoms with Crippen LogP contribution in [-0.4, -0.2) is 30.6 Å². The highest BCUT2D eigenvalue weighted by Gasteiger charge is 2.28. The van der Waals surface area contributed by atoms with Gasteiger partial charge in [-0.15, -0.1) is 0 Å². The molecule has 1 atom stereocenters. The van der Waals surface area contributed by atoms with Gasteiger partial charge in [-0.05, 0) is 41.8 Å². The lowest BCUT2D eigenvalue weighted by atomic mass is 9.98. The SMILES string of the molecule is CCOC(=O)C1CCCN(c2ncc(Br)cc2Cl)C1. The van der Waals surface area contributed by atoms with Crippen LogP contribution in [0.1, 0.15) is 19.8 Å². The van der Waals surface area contributed by atoms with Crippen molar-refractivity contribution in [1.82, 2.24) is 4.98 Å². The molecule has 0 radical (unpaired) electrons. The van der Waals surface area contributed by atoms with Crippen molar-refractivity contribution < 1.29 is 9.53 Å². The van der Waals surface area contributed by atoms with Crippen LogP contribution in [-0.2, 0) is 9.53 Å². The third kappa shape index (κ3) is 3.60. The molecule has 6 heteroatoms. The number of halogens is 2. The van der Waals surface area contributed by atoms with E-state index in [2.05, 4.69) is 25.8 Å². The number of carbonyl (C=O) groups excluding carboxylic acids is 1. The Morgan fingerprint density at radius 2 is 2.47 bits per heavy atom. The minimum Gasteiger partial charge on any atom is -0.466 e. The van der Waals surface area contributed by atoms with Crippen molar-refractivity contribution >= 4 is 39.3 Å². The van der Waals surface area contributed by atoms with Gasteiger partial charge >= 0.3 is 5.97 Å². The van der Waals surface area contributed by atoms with Gasteiger partial charge in [0.25, 0.3) is 0 Å². The van der Waals surface area contributed by atoms with Gasteiger partial charge < -0.3 is 9.64 Å². The second kappa shape index (κ2) is 6.57. The number of nitrogens with zero attached hydrogens (tertiary/aromatic N) is 2. The van der Waals surface area contributed by atoms with Crippen LogP contribution in [0.4, 0.5) is 5.82 Å². The largest absolute Gasteiger partial charge is 0.466 e. The van der Waals surface area contributed by atoms with Crippen molar-refractivity contribution in [2.45, 2.75) is 19.8 Å². The lowest BCUT2D eigenvalue weighted by Gasteiger charge is -2.32. The Morgan fingerprint density at radius 1 is 1.68 bits per heavy atom. The van der Waals surface area contributed by atoms with E-state index in [9.17, 15) is 4.79 Å². The normalized spacial score (nSPS) is 19.3. The molecule has 1 fully saturated rings. The van der Waals surface area contributed by atoms with E-state index < -0.39 is 0 Å². The van der Waals surface area contributed by atoms with Crippen LogP contribution in [0.2, 0.25) is 5.02 Å². The number of ether oxygens (including phenoxy) is 1. The highest BCUT2D eigenvalue weighted by atomic mass is 79.9. The van der Waals surface area contributed by atoms with Crippen LogP contribution in [0.25, 0.3) is 0 Å². The Morgan fingerprint density at radius 3 is 3.16 bits per heavy atom. The zero-order valence-electron chi connectivity index (χ0n) is 10.7. The van der Waals surface area contributed by atoms with E-state index in [-0.39, 0.29) is 11.9 Å². The first kappa shape index (κ1) is 14.6. The molecule has 0 N–H and O–H groups in total. The summed E-state index contributed by atoms with van der Waals surface area (Å²) in [5, 5.41) is 0.596. The molecule has 1 saturated heterocycles. The van der Waals surface area contributed by atoms with Gasteiger partial charge in [0.1, 0.15) is 5.82 Å². The summed E-state index contributed by atoms with van der Waals surface area (Å²) in [6.45, 7) is 3.73. The molecule has 19 heavy (non-hydrogen) atoms. The van der Waals surface area contributed by atoms with Crippen molar-refractivity contribution in [3.8, 4) is 0 Å². The summed E-state index contributed by atoms with van der Waals surface area (Å²) in [7, 11) is 0. The van der Waals surface area contributed by atoms with E-state index in [1.54, 1.807) is 6.20 Å². The second-order valence-corrected chi connectivity index (χ2v) is 5.82. The van der Waals surface area contributed by atoms with Gasteiger partial charge in [-0.2, -0.15) is 0 Å². The summed E-state index contributed by atoms with van der Waals surface area (Å²) in [5.41, 5.74) is 0. The number of piperidine rings is 1. The van der Waals surface area contributed by atoms with Crippen LogP contribution in [0, 0.1) is 5.92 Å². The lowest BCUT2D eigenvalue weighted by Crippen LogP contribution is -2.40. The van der Waals surface area contributed by atoms with Crippen molar-refractivity contribution in [3.05, 3.63) is 21.8 Å². The smallest absolute Gasteiger partial charge is 0.310 e. The average Bonchev–Trinajstić information content (AvgIpc) is 2.39. The van der Waals surface area contributed by atoms with Crippen molar-refractivity contribution in [3.63, 3.8) is 0 Å². The molecule has 1 aliphatic heterocycles. The summed E-state index contributed by atoms with van der Waals surface area (Å²) >= 11 is 9.54. The quantitative estimate of drug-likeness (QED) is 0.787. The second-order valence-electron chi connectivity index (χ2n) is 4.50. The summed E-state index contributed by atoms with van der Waals surface area (Å²) in [6, 6.07) is 1.82. The van der Waals surface area contributed by atoms with Gasteiger partial charge in [-0.25, -0.2) is 4.98 Å². The maximum atomic E-state index is 11.8. The van der Waals surface area contributed by atoms with Gasteiger partial charge in [0.05, 0.1) is 17.5 Å². The zero-order valence-corrected chi connectivity index (χ0v) is 13.1. The molecule has 1 unspecified atom stereocenters. The third-order valence-corrected chi connectivity index (χ3v) is 3.84. The maximum absolute atomic E-state index is 11.8. The van der Waals surface area contributed by atoms with Crippen LogP contribution in [0.15, 0.2) is 16.7 Å². The molecule has 0 amide bonds. The van der Waals surface area contributed by atoms with E-state index in [4.69, 9.17) is 16.3 Å². The molecule has 1 aromatic heterocycles. The fourth-order valence-electron chi connectivity index (χ4n) is 2.26. The minimum atomic E-state index is -0.125. The molecule has 0 saturated carbocycles. The number of pyridine rings is 1. The first-order chi connectivity index (χ1) is 9.11. The number of hydrogen-bond acceptors (Lipinski definition) is 4. The summed E-state index contributed by atoms with van der Waals surface area (Å²) < 4.78 is 5.94. The van der Waals surface area contributed by atoms with E-state index in [0.29, 0.717) is 18.2 Å². The van der Waals surface area contributed by atoms with E-state index in [1.807, 2.05) is 13.0 Å². The molecule has 0 bridgehead atoms. The number of esters is 1. The fraction of sp³-hybridized carbons (Fsp3) is 0.538. The number of aromatic nitrogens is 1. The van der Waals surface area contributed by atoms with E-state index >= 15 is 0 Å². The van der Waals surface area contributed by atoms with Gasteiger partial charge in [-0.1, -0.05) is 11.6 Å². The summed E-state index contributed by atoms with van der Waals surface area (Å²) in [6.07, 6.45) is 3.52. The van der Waals surface area contributed by atoms with Gasteiger partial charge in [-0.3, -0.25) is 4.79 Å². The highest BCUT2D eigenvalue weighted by Crippen LogP contribution is 2.30. The Kier molecular flexibility index (Phi) is 5.05. The Hall–Kier alpha value is -0.810. The standard InChI is InChI=1S/C13H16BrClN2O2/c1-2-19-13(18)9-4-3-5-17(8-9)12-11(15)6-10(14)7-16-12/h6-7,9H,2-5,8H2,1H3. The molecule has 0 aromatic carbocycles. The highest BCUT2D eigenvalue weighted by molar-refractivity contribution is 9.10. The molecule has 0 aliphatic carbocycles. The molecule has 2 rings (SSSR count). The van der Waals surface area contributed by atoms with Gasteiger partial charge in [0.2, 0.25) is 0 Å². The zero-order chi connectivity index (χ0) is 13.8. The predicted octanol–water partition coefficient (Wildman–Crippen LogP) is 3.28. The third-order valence-electron chi connectivity index (χ3n) is 3.13. The first-order valence-corrected chi connectivity index (χ1v) is 7.51. The molecule has 2 heterocycles. The maximum Gasteiger partial charge on any atom is 0.310 e. The number of hydrogen-bond donors (Lipinski definition) is 0. The summed E-state index contributed by atoms with van der Waals surface area (Å²) in [4.78, 5) is 18.2. The topological polar surface area (TPSA) is 42.4 Å². The van der Waals surface area contributed by atoms with Crippen LogP contribution >= 0.6 is 27.5 Å². The first-order valence-electron chi connectivity index (χ1n) is 6.34. The molecule has 104 valence electrons. The van der Waals surface area contributed by atoms with Crippen molar-refractivity contribution in [1.29, 1.82) is 0 Å². The van der Waals surface area contributed by atoms with E-state index in [1.165, 1.54) is 0 Å². The van der Waals surface area contributed by atoms with Crippen molar-refractivity contribution in [2.75, 3.05) is 24.6 Å². The molecular weight excluding hydrogens is 332 g/mol.